The highest BCUT2D eigenvalue weighted by atomic mass is 16.5. The fourth-order valence-electron chi connectivity index (χ4n) is 1.76. The van der Waals surface area contributed by atoms with Crippen molar-refractivity contribution in [2.45, 2.75) is 26.3 Å². The predicted octanol–water partition coefficient (Wildman–Crippen LogP) is 2.14. The van der Waals surface area contributed by atoms with Crippen LogP contribution in [0.1, 0.15) is 25.5 Å². The van der Waals surface area contributed by atoms with E-state index in [1.54, 1.807) is 30.1 Å². The summed E-state index contributed by atoms with van der Waals surface area (Å²) in [7, 11) is 0. The number of nitrogens with zero attached hydrogens (tertiary/aromatic N) is 3. The average Bonchev–Trinajstić information content (AvgIpc) is 3.11. The molecule has 0 saturated heterocycles. The van der Waals surface area contributed by atoms with Gasteiger partial charge in [0.15, 0.2) is 5.82 Å². The summed E-state index contributed by atoms with van der Waals surface area (Å²) in [6, 6.07) is 5.40. The molecule has 2 aromatic heterocycles. The second-order valence-electron chi connectivity index (χ2n) is 4.49. The zero-order valence-electron chi connectivity index (χ0n) is 12.3. The van der Waals surface area contributed by atoms with E-state index in [1.807, 2.05) is 12.1 Å². The number of carbonyl (C=O) groups excluding carboxylic acids is 2. The van der Waals surface area contributed by atoms with Gasteiger partial charge < -0.3 is 9.15 Å². The van der Waals surface area contributed by atoms with Crippen molar-refractivity contribution in [3.05, 3.63) is 36.4 Å². The van der Waals surface area contributed by atoms with E-state index in [0.717, 1.165) is 5.76 Å². The molecule has 7 nitrogen and oxygen atoms in total. The monoisotopic (exact) mass is 303 g/mol. The molecule has 0 atom stereocenters. The Labute approximate surface area is 127 Å². The van der Waals surface area contributed by atoms with Gasteiger partial charge in [0.25, 0.3) is 0 Å². The molecule has 7 heteroatoms. The lowest BCUT2D eigenvalue weighted by atomic mass is 10.2. The molecule has 0 aliphatic heterocycles. The number of carbonyl (C=O) groups is 2. The smallest absolute Gasteiger partial charge is 0.313 e. The Morgan fingerprint density at radius 1 is 1.45 bits per heavy atom. The zero-order chi connectivity index (χ0) is 15.8. The first-order valence-corrected chi connectivity index (χ1v) is 6.93. The lowest BCUT2D eigenvalue weighted by Crippen LogP contribution is -2.11. The molecule has 0 N–H and O–H groups in total. The van der Waals surface area contributed by atoms with Crippen LogP contribution in [0.15, 0.2) is 40.1 Å². The number of aromatic nitrogens is 2. The highest BCUT2D eigenvalue weighted by Gasteiger charge is 2.08. The molecule has 0 radical (unpaired) electrons. The fourth-order valence-corrected chi connectivity index (χ4v) is 1.76. The molecule has 0 aliphatic carbocycles. The van der Waals surface area contributed by atoms with E-state index in [4.69, 9.17) is 9.15 Å². The van der Waals surface area contributed by atoms with E-state index in [-0.39, 0.29) is 25.2 Å². The number of aliphatic imine (C=N–C) groups is 1. The highest BCUT2D eigenvalue weighted by molar-refractivity contribution is 6.01. The van der Waals surface area contributed by atoms with E-state index in [2.05, 4.69) is 10.1 Å². The molecule has 0 amide bonds. The number of ketones is 1. The SMILES string of the molecule is CCOC(=O)CC(=O)CC=Nc1ccn(Cc2ccco2)n1. The van der Waals surface area contributed by atoms with Gasteiger partial charge in [-0.1, -0.05) is 0 Å². The number of furan rings is 1. The Bertz CT molecular complexity index is 644. The lowest BCUT2D eigenvalue weighted by Gasteiger charge is -1.98. The number of Topliss-reactive ketones (excluding diaryl/α,β-unsaturated/α-hetero) is 1. The molecule has 116 valence electrons. The van der Waals surface area contributed by atoms with Crippen LogP contribution in [0.3, 0.4) is 0 Å². The highest BCUT2D eigenvalue weighted by Crippen LogP contribution is 2.09. The van der Waals surface area contributed by atoms with Gasteiger partial charge in [0, 0.05) is 24.9 Å². The number of esters is 1. The van der Waals surface area contributed by atoms with Crippen LogP contribution in [-0.2, 0) is 20.9 Å². The predicted molar refractivity (Wildman–Crippen MR) is 79.1 cm³/mol. The molecule has 2 aromatic rings. The van der Waals surface area contributed by atoms with Gasteiger partial charge in [-0.05, 0) is 19.1 Å². The summed E-state index contributed by atoms with van der Waals surface area (Å²) in [5, 5.41) is 4.23. The maximum Gasteiger partial charge on any atom is 0.313 e. The normalized spacial score (nSPS) is 11.0. The number of ether oxygens (including phenoxy) is 1. The van der Waals surface area contributed by atoms with E-state index in [0.29, 0.717) is 12.4 Å². The van der Waals surface area contributed by atoms with Crippen molar-refractivity contribution in [1.82, 2.24) is 9.78 Å². The van der Waals surface area contributed by atoms with Crippen LogP contribution in [-0.4, -0.2) is 34.4 Å². The standard InChI is InChI=1S/C15H17N3O4/c1-2-21-15(20)10-12(19)5-7-16-14-6-8-18(17-14)11-13-4-3-9-22-13/h3-4,6-9H,2,5,10-11H2,1H3. The number of hydrogen-bond donors (Lipinski definition) is 0. The molecule has 0 bridgehead atoms. The second-order valence-corrected chi connectivity index (χ2v) is 4.49. The average molecular weight is 303 g/mol. The summed E-state index contributed by atoms with van der Waals surface area (Å²) in [5.74, 6) is 0.541. The van der Waals surface area contributed by atoms with Gasteiger partial charge >= 0.3 is 5.97 Å². The Morgan fingerprint density at radius 2 is 2.32 bits per heavy atom. The molecule has 0 spiro atoms. The summed E-state index contributed by atoms with van der Waals surface area (Å²) in [6.45, 7) is 2.49. The van der Waals surface area contributed by atoms with Gasteiger partial charge in [0.05, 0.1) is 19.4 Å². The fraction of sp³-hybridized carbons (Fsp3) is 0.333. The van der Waals surface area contributed by atoms with Crippen molar-refractivity contribution in [3.63, 3.8) is 0 Å². The van der Waals surface area contributed by atoms with Crippen LogP contribution >= 0.6 is 0 Å². The van der Waals surface area contributed by atoms with Crippen molar-refractivity contribution < 1.29 is 18.7 Å². The molecular weight excluding hydrogens is 286 g/mol. The maximum absolute atomic E-state index is 11.5. The summed E-state index contributed by atoms with van der Waals surface area (Å²) in [4.78, 5) is 26.7. The molecule has 0 saturated carbocycles. The number of hydrogen-bond acceptors (Lipinski definition) is 6. The molecule has 0 unspecified atom stereocenters. The lowest BCUT2D eigenvalue weighted by molar-refractivity contribution is -0.145. The van der Waals surface area contributed by atoms with Gasteiger partial charge in [0.2, 0.25) is 0 Å². The third kappa shape index (κ3) is 5.01. The third-order valence-corrected chi connectivity index (χ3v) is 2.71. The van der Waals surface area contributed by atoms with Gasteiger partial charge in [0.1, 0.15) is 18.0 Å². The van der Waals surface area contributed by atoms with E-state index in [9.17, 15) is 9.59 Å². The van der Waals surface area contributed by atoms with Gasteiger partial charge in [-0.3, -0.25) is 14.3 Å². The van der Waals surface area contributed by atoms with E-state index in [1.165, 1.54) is 6.21 Å². The van der Waals surface area contributed by atoms with E-state index >= 15 is 0 Å². The third-order valence-electron chi connectivity index (χ3n) is 2.71. The Balaban J connectivity index is 1.79. The molecule has 2 heterocycles. The van der Waals surface area contributed by atoms with Crippen LogP contribution < -0.4 is 0 Å². The molecule has 0 aromatic carbocycles. The van der Waals surface area contributed by atoms with Crippen molar-refractivity contribution >= 4 is 23.8 Å². The van der Waals surface area contributed by atoms with Crippen LogP contribution in [0.2, 0.25) is 0 Å². The Morgan fingerprint density at radius 3 is 3.05 bits per heavy atom. The van der Waals surface area contributed by atoms with Crippen molar-refractivity contribution in [1.29, 1.82) is 0 Å². The summed E-state index contributed by atoms with van der Waals surface area (Å²) >= 11 is 0. The first kappa shape index (κ1) is 15.7. The van der Waals surface area contributed by atoms with Crippen LogP contribution in [0, 0.1) is 0 Å². The van der Waals surface area contributed by atoms with Crippen LogP contribution in [0.4, 0.5) is 5.82 Å². The molecule has 0 aliphatic rings. The van der Waals surface area contributed by atoms with Crippen LogP contribution in [0.5, 0.6) is 0 Å². The zero-order valence-corrected chi connectivity index (χ0v) is 12.3. The molecule has 2 rings (SSSR count). The first-order valence-electron chi connectivity index (χ1n) is 6.93. The molecular formula is C15H17N3O4. The van der Waals surface area contributed by atoms with Gasteiger partial charge in [-0.15, -0.1) is 0 Å². The second kappa shape index (κ2) is 7.92. The topological polar surface area (TPSA) is 86.7 Å². The first-order chi connectivity index (χ1) is 10.7. The number of rotatable bonds is 8. The maximum atomic E-state index is 11.5. The summed E-state index contributed by atoms with van der Waals surface area (Å²) in [6.07, 6.45) is 4.67. The molecule has 22 heavy (non-hydrogen) atoms. The van der Waals surface area contributed by atoms with Crippen LogP contribution in [0.25, 0.3) is 0 Å². The van der Waals surface area contributed by atoms with E-state index < -0.39 is 5.97 Å². The minimum absolute atomic E-state index is 0.0733. The van der Waals surface area contributed by atoms with Gasteiger partial charge in [-0.25, -0.2) is 4.99 Å². The van der Waals surface area contributed by atoms with Gasteiger partial charge in [-0.2, -0.15) is 5.10 Å². The quantitative estimate of drug-likeness (QED) is 0.423. The summed E-state index contributed by atoms with van der Waals surface area (Å²) < 4.78 is 11.6. The van der Waals surface area contributed by atoms with Crippen molar-refractivity contribution in [3.8, 4) is 0 Å². The molecule has 0 fully saturated rings. The summed E-state index contributed by atoms with van der Waals surface area (Å²) in [5.41, 5.74) is 0. The minimum atomic E-state index is -0.511. The Hall–Kier alpha value is -2.70. The Kier molecular flexibility index (Phi) is 5.65. The van der Waals surface area contributed by atoms with Crippen molar-refractivity contribution in [2.24, 2.45) is 4.99 Å². The largest absolute Gasteiger partial charge is 0.467 e. The minimum Gasteiger partial charge on any atom is -0.467 e. The van der Waals surface area contributed by atoms with Crippen molar-refractivity contribution in [2.75, 3.05) is 6.61 Å².